The third kappa shape index (κ3) is 4.05. The summed E-state index contributed by atoms with van der Waals surface area (Å²) in [6, 6.07) is 3.57. The molecule has 0 amide bonds. The molecule has 0 bridgehead atoms. The molecule has 5 heteroatoms. The van der Waals surface area contributed by atoms with Crippen molar-refractivity contribution in [2.24, 2.45) is 0 Å². The molecule has 0 aliphatic heterocycles. The topological polar surface area (TPSA) is 65.5 Å². The Bertz CT molecular complexity index is 432. The molecule has 0 unspecified atom stereocenters. The number of ether oxygens (including phenoxy) is 2. The zero-order valence-electron chi connectivity index (χ0n) is 11.7. The zero-order valence-corrected chi connectivity index (χ0v) is 11.7. The maximum Gasteiger partial charge on any atom is 0.326 e. The van der Waals surface area contributed by atoms with Crippen LogP contribution < -0.4 is 0 Å². The summed E-state index contributed by atoms with van der Waals surface area (Å²) < 4.78 is 9.85. The van der Waals surface area contributed by atoms with Crippen LogP contribution in [0.1, 0.15) is 36.7 Å². The van der Waals surface area contributed by atoms with Crippen LogP contribution >= 0.6 is 0 Å². The molecule has 0 aromatic carbocycles. The van der Waals surface area contributed by atoms with Crippen molar-refractivity contribution in [2.75, 3.05) is 13.2 Å². The molecule has 5 nitrogen and oxygen atoms in total. The van der Waals surface area contributed by atoms with Gasteiger partial charge in [-0.25, -0.2) is 0 Å². The van der Waals surface area contributed by atoms with Crippen molar-refractivity contribution in [1.82, 2.24) is 4.98 Å². The van der Waals surface area contributed by atoms with Crippen LogP contribution in [-0.2, 0) is 19.1 Å². The van der Waals surface area contributed by atoms with Crippen LogP contribution in [0.2, 0.25) is 0 Å². The van der Waals surface area contributed by atoms with Crippen molar-refractivity contribution in [2.45, 2.75) is 33.6 Å². The highest BCUT2D eigenvalue weighted by atomic mass is 16.6. The molecule has 0 radical (unpaired) electrons. The SMILES string of the molecule is CCOC(=O)C(C(=O)OCC)c1cc(C)cc(C)n1. The number of nitrogens with zero attached hydrogens (tertiary/aromatic N) is 1. The summed E-state index contributed by atoms with van der Waals surface area (Å²) in [6.07, 6.45) is 0. The van der Waals surface area contributed by atoms with E-state index in [1.807, 2.05) is 19.9 Å². The lowest BCUT2D eigenvalue weighted by molar-refractivity contribution is -0.157. The van der Waals surface area contributed by atoms with Gasteiger partial charge < -0.3 is 9.47 Å². The lowest BCUT2D eigenvalue weighted by atomic mass is 10.0. The van der Waals surface area contributed by atoms with E-state index in [1.165, 1.54) is 0 Å². The van der Waals surface area contributed by atoms with E-state index >= 15 is 0 Å². The van der Waals surface area contributed by atoms with E-state index in [2.05, 4.69) is 4.98 Å². The summed E-state index contributed by atoms with van der Waals surface area (Å²) in [5.74, 6) is -2.37. The van der Waals surface area contributed by atoms with Gasteiger partial charge in [-0.2, -0.15) is 0 Å². The largest absolute Gasteiger partial charge is 0.465 e. The van der Waals surface area contributed by atoms with Gasteiger partial charge in [-0.3, -0.25) is 14.6 Å². The molecular formula is C14H19NO4. The fourth-order valence-corrected chi connectivity index (χ4v) is 1.81. The molecule has 0 saturated carbocycles. The monoisotopic (exact) mass is 265 g/mol. The number of carbonyl (C=O) groups excluding carboxylic acids is 2. The molecule has 104 valence electrons. The highest BCUT2D eigenvalue weighted by molar-refractivity contribution is 6.00. The Morgan fingerprint density at radius 3 is 2.05 bits per heavy atom. The number of hydrogen-bond acceptors (Lipinski definition) is 5. The Morgan fingerprint density at radius 2 is 1.63 bits per heavy atom. The molecule has 0 N–H and O–H groups in total. The first-order valence-corrected chi connectivity index (χ1v) is 6.28. The minimum atomic E-state index is -1.11. The second-order valence-corrected chi connectivity index (χ2v) is 4.15. The first-order chi connectivity index (χ1) is 8.99. The Balaban J connectivity index is 3.14. The molecule has 0 saturated heterocycles. The second-order valence-electron chi connectivity index (χ2n) is 4.15. The quantitative estimate of drug-likeness (QED) is 0.601. The number of carbonyl (C=O) groups is 2. The normalized spacial score (nSPS) is 10.4. The molecule has 0 spiro atoms. The smallest absolute Gasteiger partial charge is 0.326 e. The predicted octanol–water partition coefficient (Wildman–Crippen LogP) is 1.91. The van der Waals surface area contributed by atoms with E-state index < -0.39 is 17.9 Å². The third-order valence-electron chi connectivity index (χ3n) is 2.46. The van der Waals surface area contributed by atoms with Crippen molar-refractivity contribution in [3.63, 3.8) is 0 Å². The van der Waals surface area contributed by atoms with Crippen LogP contribution in [0.25, 0.3) is 0 Å². The lowest BCUT2D eigenvalue weighted by Gasteiger charge is -2.14. The molecule has 0 aliphatic rings. The average Bonchev–Trinajstić information content (AvgIpc) is 2.28. The average molecular weight is 265 g/mol. The van der Waals surface area contributed by atoms with E-state index in [1.54, 1.807) is 19.9 Å². The van der Waals surface area contributed by atoms with E-state index in [9.17, 15) is 9.59 Å². The van der Waals surface area contributed by atoms with E-state index in [0.29, 0.717) is 5.69 Å². The molecule has 1 rings (SSSR count). The zero-order chi connectivity index (χ0) is 14.4. The van der Waals surface area contributed by atoms with Gasteiger partial charge in [0.25, 0.3) is 0 Å². The van der Waals surface area contributed by atoms with Gasteiger partial charge in [0.2, 0.25) is 0 Å². The number of aromatic nitrogens is 1. The second kappa shape index (κ2) is 6.87. The summed E-state index contributed by atoms with van der Waals surface area (Å²) in [5.41, 5.74) is 2.05. The summed E-state index contributed by atoms with van der Waals surface area (Å²) >= 11 is 0. The number of hydrogen-bond donors (Lipinski definition) is 0. The highest BCUT2D eigenvalue weighted by Crippen LogP contribution is 2.19. The molecule has 0 atom stereocenters. The number of rotatable bonds is 5. The summed E-state index contributed by atoms with van der Waals surface area (Å²) in [7, 11) is 0. The van der Waals surface area contributed by atoms with Gasteiger partial charge in [-0.1, -0.05) is 0 Å². The molecule has 1 heterocycles. The lowest BCUT2D eigenvalue weighted by Crippen LogP contribution is -2.27. The molecule has 1 aromatic heterocycles. The van der Waals surface area contributed by atoms with E-state index in [0.717, 1.165) is 11.3 Å². The van der Waals surface area contributed by atoms with Crippen molar-refractivity contribution < 1.29 is 19.1 Å². The first-order valence-electron chi connectivity index (χ1n) is 6.28. The van der Waals surface area contributed by atoms with Gasteiger partial charge in [-0.15, -0.1) is 0 Å². The molecule has 1 aromatic rings. The van der Waals surface area contributed by atoms with Gasteiger partial charge in [0.15, 0.2) is 5.92 Å². The van der Waals surface area contributed by atoms with E-state index in [-0.39, 0.29) is 13.2 Å². The van der Waals surface area contributed by atoms with Crippen molar-refractivity contribution in [3.8, 4) is 0 Å². The van der Waals surface area contributed by atoms with Crippen LogP contribution in [0.3, 0.4) is 0 Å². The van der Waals surface area contributed by atoms with Crippen LogP contribution in [0.4, 0.5) is 0 Å². The standard InChI is InChI=1S/C14H19NO4/c1-5-18-13(16)12(14(17)19-6-2)11-8-9(3)7-10(4)15-11/h7-8,12H,5-6H2,1-4H3. The van der Waals surface area contributed by atoms with Gasteiger partial charge >= 0.3 is 11.9 Å². The summed E-state index contributed by atoms with van der Waals surface area (Å²) in [6.45, 7) is 7.48. The van der Waals surface area contributed by atoms with Gasteiger partial charge in [0, 0.05) is 5.69 Å². The number of aryl methyl sites for hydroxylation is 2. The Kier molecular flexibility index (Phi) is 5.48. The molecule has 0 aliphatic carbocycles. The number of esters is 2. The van der Waals surface area contributed by atoms with E-state index in [4.69, 9.17) is 9.47 Å². The van der Waals surface area contributed by atoms with Crippen LogP contribution in [0.5, 0.6) is 0 Å². The fraction of sp³-hybridized carbons (Fsp3) is 0.500. The van der Waals surface area contributed by atoms with Gasteiger partial charge in [-0.05, 0) is 45.4 Å². The highest BCUT2D eigenvalue weighted by Gasteiger charge is 2.32. The minimum Gasteiger partial charge on any atom is -0.465 e. The predicted molar refractivity (Wildman–Crippen MR) is 69.7 cm³/mol. The van der Waals surface area contributed by atoms with Crippen molar-refractivity contribution in [3.05, 3.63) is 29.1 Å². The third-order valence-corrected chi connectivity index (χ3v) is 2.46. The Morgan fingerprint density at radius 1 is 1.11 bits per heavy atom. The fourth-order valence-electron chi connectivity index (χ4n) is 1.81. The molecule has 0 fully saturated rings. The number of pyridine rings is 1. The first kappa shape index (κ1) is 15.1. The van der Waals surface area contributed by atoms with Crippen LogP contribution in [-0.4, -0.2) is 30.1 Å². The van der Waals surface area contributed by atoms with Gasteiger partial charge in [0.1, 0.15) is 0 Å². The molecular weight excluding hydrogens is 246 g/mol. The van der Waals surface area contributed by atoms with Gasteiger partial charge in [0.05, 0.1) is 18.9 Å². The Labute approximate surface area is 112 Å². The molecule has 19 heavy (non-hydrogen) atoms. The van der Waals surface area contributed by atoms with Crippen molar-refractivity contribution in [1.29, 1.82) is 0 Å². The summed E-state index contributed by atoms with van der Waals surface area (Å²) in [4.78, 5) is 28.1. The Hall–Kier alpha value is -1.91. The summed E-state index contributed by atoms with van der Waals surface area (Å²) in [5, 5.41) is 0. The van der Waals surface area contributed by atoms with Crippen LogP contribution in [0.15, 0.2) is 12.1 Å². The van der Waals surface area contributed by atoms with Crippen LogP contribution in [0, 0.1) is 13.8 Å². The maximum absolute atomic E-state index is 11.9. The van der Waals surface area contributed by atoms with Crippen molar-refractivity contribution >= 4 is 11.9 Å². The maximum atomic E-state index is 11.9. The minimum absolute atomic E-state index is 0.208.